The van der Waals surface area contributed by atoms with Gasteiger partial charge in [-0.15, -0.1) is 0 Å². The standard InChI is InChI=1S/C14H14N2O2S/c1-2-16-11-4-3-9(7-12(11)18-14(16)17)13(15)10-5-6-19-8-10/h3-8,13H,2,15H2,1H3. The highest BCUT2D eigenvalue weighted by molar-refractivity contribution is 7.08. The molecule has 0 amide bonds. The van der Waals surface area contributed by atoms with Gasteiger partial charge in [0.15, 0.2) is 5.58 Å². The molecule has 98 valence electrons. The molecule has 0 aliphatic rings. The molecule has 4 nitrogen and oxygen atoms in total. The SMILES string of the molecule is CCn1c(=O)oc2cc(C(N)c3ccsc3)ccc21. The lowest BCUT2D eigenvalue weighted by Gasteiger charge is -2.10. The van der Waals surface area contributed by atoms with E-state index in [1.54, 1.807) is 15.9 Å². The number of benzene rings is 1. The molecule has 0 aliphatic carbocycles. The first-order valence-corrected chi connectivity index (χ1v) is 7.06. The van der Waals surface area contributed by atoms with Gasteiger partial charge in [-0.1, -0.05) is 6.07 Å². The van der Waals surface area contributed by atoms with Gasteiger partial charge in [0.2, 0.25) is 0 Å². The van der Waals surface area contributed by atoms with Crippen LogP contribution in [0, 0.1) is 0 Å². The Morgan fingerprint density at radius 2 is 2.21 bits per heavy atom. The first-order chi connectivity index (χ1) is 9.20. The molecule has 0 saturated heterocycles. The Morgan fingerprint density at radius 3 is 2.89 bits per heavy atom. The van der Waals surface area contributed by atoms with Gasteiger partial charge in [0.05, 0.1) is 11.6 Å². The van der Waals surface area contributed by atoms with Gasteiger partial charge in [0, 0.05) is 6.54 Å². The van der Waals surface area contributed by atoms with Crippen molar-refractivity contribution in [2.75, 3.05) is 0 Å². The van der Waals surface area contributed by atoms with Gasteiger partial charge in [0.1, 0.15) is 0 Å². The Morgan fingerprint density at radius 1 is 1.37 bits per heavy atom. The Balaban J connectivity index is 2.10. The largest absolute Gasteiger partial charge is 0.419 e. The normalized spacial score (nSPS) is 12.9. The van der Waals surface area contributed by atoms with Crippen molar-refractivity contribution >= 4 is 22.4 Å². The third-order valence-corrected chi connectivity index (χ3v) is 3.97. The summed E-state index contributed by atoms with van der Waals surface area (Å²) in [5.41, 5.74) is 9.63. The van der Waals surface area contributed by atoms with Crippen molar-refractivity contribution < 1.29 is 4.42 Å². The number of hydrogen-bond donors (Lipinski definition) is 1. The van der Waals surface area contributed by atoms with Crippen molar-refractivity contribution in [3.63, 3.8) is 0 Å². The topological polar surface area (TPSA) is 61.2 Å². The van der Waals surface area contributed by atoms with E-state index in [4.69, 9.17) is 10.2 Å². The Labute approximate surface area is 114 Å². The number of oxazole rings is 1. The van der Waals surface area contributed by atoms with Crippen molar-refractivity contribution in [1.82, 2.24) is 4.57 Å². The lowest BCUT2D eigenvalue weighted by molar-refractivity contribution is 0.513. The van der Waals surface area contributed by atoms with E-state index in [1.165, 1.54) is 0 Å². The fourth-order valence-corrected chi connectivity index (χ4v) is 2.92. The summed E-state index contributed by atoms with van der Waals surface area (Å²) in [5, 5.41) is 4.03. The van der Waals surface area contributed by atoms with Crippen LogP contribution in [0.2, 0.25) is 0 Å². The van der Waals surface area contributed by atoms with Crippen LogP contribution in [0.1, 0.15) is 24.1 Å². The summed E-state index contributed by atoms with van der Waals surface area (Å²) in [4.78, 5) is 11.6. The highest BCUT2D eigenvalue weighted by Gasteiger charge is 2.13. The van der Waals surface area contributed by atoms with Crippen LogP contribution < -0.4 is 11.5 Å². The average molecular weight is 274 g/mol. The van der Waals surface area contributed by atoms with Crippen molar-refractivity contribution in [3.05, 3.63) is 56.7 Å². The summed E-state index contributed by atoms with van der Waals surface area (Å²) in [7, 11) is 0. The maximum atomic E-state index is 11.6. The second kappa shape index (κ2) is 4.68. The van der Waals surface area contributed by atoms with Gasteiger partial charge in [-0.3, -0.25) is 4.57 Å². The smallest absolute Gasteiger partial charge is 0.408 e. The fourth-order valence-electron chi connectivity index (χ4n) is 2.22. The minimum Gasteiger partial charge on any atom is -0.408 e. The summed E-state index contributed by atoms with van der Waals surface area (Å²) >= 11 is 1.62. The molecule has 1 aromatic carbocycles. The number of aryl methyl sites for hydroxylation is 1. The lowest BCUT2D eigenvalue weighted by atomic mass is 10.0. The maximum absolute atomic E-state index is 11.6. The monoisotopic (exact) mass is 274 g/mol. The summed E-state index contributed by atoms with van der Waals surface area (Å²) < 4.78 is 6.86. The molecule has 2 aromatic heterocycles. The van der Waals surface area contributed by atoms with E-state index in [0.29, 0.717) is 12.1 Å². The van der Waals surface area contributed by atoms with Gasteiger partial charge in [-0.25, -0.2) is 4.79 Å². The highest BCUT2D eigenvalue weighted by atomic mass is 32.1. The van der Waals surface area contributed by atoms with E-state index in [0.717, 1.165) is 16.6 Å². The van der Waals surface area contributed by atoms with Crippen molar-refractivity contribution in [2.24, 2.45) is 5.73 Å². The predicted octanol–water partition coefficient (Wildman–Crippen LogP) is 2.72. The zero-order valence-electron chi connectivity index (χ0n) is 10.5. The Kier molecular flexibility index (Phi) is 3.00. The minimum atomic E-state index is -0.321. The van der Waals surface area contributed by atoms with Crippen LogP contribution in [0.5, 0.6) is 0 Å². The van der Waals surface area contributed by atoms with E-state index in [9.17, 15) is 4.79 Å². The molecule has 0 bridgehead atoms. The summed E-state index contributed by atoms with van der Waals surface area (Å²) in [6, 6.07) is 7.51. The van der Waals surface area contributed by atoms with Gasteiger partial charge in [-0.05, 0) is 47.0 Å². The van der Waals surface area contributed by atoms with Gasteiger partial charge in [-0.2, -0.15) is 11.3 Å². The van der Waals surface area contributed by atoms with Crippen molar-refractivity contribution in [2.45, 2.75) is 19.5 Å². The number of thiophene rings is 1. The van der Waals surface area contributed by atoms with Crippen LogP contribution in [0.15, 0.2) is 44.2 Å². The molecule has 5 heteroatoms. The molecule has 0 radical (unpaired) electrons. The van der Waals surface area contributed by atoms with E-state index >= 15 is 0 Å². The second-order valence-corrected chi connectivity index (χ2v) is 5.15. The predicted molar refractivity (Wildman–Crippen MR) is 76.5 cm³/mol. The number of hydrogen-bond acceptors (Lipinski definition) is 4. The second-order valence-electron chi connectivity index (χ2n) is 4.37. The van der Waals surface area contributed by atoms with Crippen LogP contribution in [0.3, 0.4) is 0 Å². The average Bonchev–Trinajstić information content (AvgIpc) is 3.03. The number of nitrogens with zero attached hydrogens (tertiary/aromatic N) is 1. The highest BCUT2D eigenvalue weighted by Crippen LogP contribution is 2.24. The molecule has 1 unspecified atom stereocenters. The molecular weight excluding hydrogens is 260 g/mol. The van der Waals surface area contributed by atoms with Gasteiger partial charge >= 0.3 is 5.76 Å². The van der Waals surface area contributed by atoms with E-state index in [2.05, 4.69) is 0 Å². The van der Waals surface area contributed by atoms with Crippen molar-refractivity contribution in [3.8, 4) is 0 Å². The molecule has 0 fully saturated rings. The summed E-state index contributed by atoms with van der Waals surface area (Å²) in [6.07, 6.45) is 0. The number of rotatable bonds is 3. The van der Waals surface area contributed by atoms with Crippen LogP contribution in [-0.4, -0.2) is 4.57 Å². The first kappa shape index (κ1) is 12.2. The third-order valence-electron chi connectivity index (χ3n) is 3.27. The zero-order chi connectivity index (χ0) is 13.4. The van der Waals surface area contributed by atoms with Crippen LogP contribution in [0.25, 0.3) is 11.1 Å². The molecule has 0 aliphatic heterocycles. The van der Waals surface area contributed by atoms with Crippen LogP contribution >= 0.6 is 11.3 Å². The minimum absolute atomic E-state index is 0.189. The number of aromatic nitrogens is 1. The first-order valence-electron chi connectivity index (χ1n) is 6.11. The van der Waals surface area contributed by atoms with Crippen molar-refractivity contribution in [1.29, 1.82) is 0 Å². The molecule has 3 aromatic rings. The molecule has 19 heavy (non-hydrogen) atoms. The van der Waals surface area contributed by atoms with Gasteiger partial charge in [0.25, 0.3) is 0 Å². The number of nitrogens with two attached hydrogens (primary N) is 1. The van der Waals surface area contributed by atoms with Gasteiger partial charge < -0.3 is 10.2 Å². The molecule has 2 heterocycles. The summed E-state index contributed by atoms with van der Waals surface area (Å²) in [5.74, 6) is -0.321. The zero-order valence-corrected chi connectivity index (χ0v) is 11.3. The molecular formula is C14H14N2O2S. The van der Waals surface area contributed by atoms with Crippen LogP contribution in [-0.2, 0) is 6.54 Å². The fraction of sp³-hybridized carbons (Fsp3) is 0.214. The lowest BCUT2D eigenvalue weighted by Crippen LogP contribution is -2.12. The number of fused-ring (bicyclic) bond motifs is 1. The van der Waals surface area contributed by atoms with E-state index in [1.807, 2.05) is 41.9 Å². The molecule has 3 rings (SSSR count). The molecule has 0 saturated carbocycles. The van der Waals surface area contributed by atoms with E-state index in [-0.39, 0.29) is 11.8 Å². The summed E-state index contributed by atoms with van der Waals surface area (Å²) in [6.45, 7) is 2.52. The Bertz CT molecular complexity index is 755. The molecule has 0 spiro atoms. The third kappa shape index (κ3) is 2.01. The Hall–Kier alpha value is -1.85. The van der Waals surface area contributed by atoms with Crippen LogP contribution in [0.4, 0.5) is 0 Å². The maximum Gasteiger partial charge on any atom is 0.419 e. The van der Waals surface area contributed by atoms with E-state index < -0.39 is 0 Å². The quantitative estimate of drug-likeness (QED) is 0.798. The molecule has 2 N–H and O–H groups in total. The molecule has 1 atom stereocenters.